The Balaban J connectivity index is 2.60. The first-order chi connectivity index (χ1) is 10.1. The average molecular weight is 322 g/mol. The van der Waals surface area contributed by atoms with Crippen LogP contribution in [0.3, 0.4) is 0 Å². The third kappa shape index (κ3) is 3.30. The third-order valence-electron chi connectivity index (χ3n) is 2.43. The second-order valence-electron chi connectivity index (χ2n) is 3.75. The highest BCUT2D eigenvalue weighted by Crippen LogP contribution is 2.29. The van der Waals surface area contributed by atoms with E-state index in [1.54, 1.807) is 0 Å². The van der Waals surface area contributed by atoms with E-state index in [9.17, 15) is 8.78 Å². The van der Waals surface area contributed by atoms with Crippen LogP contribution in [0.5, 0.6) is 0 Å². The van der Waals surface area contributed by atoms with Crippen molar-refractivity contribution in [2.24, 2.45) is 0 Å². The van der Waals surface area contributed by atoms with Gasteiger partial charge in [-0.05, 0) is 18.2 Å². The van der Waals surface area contributed by atoms with Gasteiger partial charge in [0.05, 0.1) is 11.4 Å². The highest BCUT2D eigenvalue weighted by atomic mass is 35.5. The van der Waals surface area contributed by atoms with Crippen molar-refractivity contribution >= 4 is 23.4 Å². The van der Waals surface area contributed by atoms with E-state index in [1.165, 1.54) is 6.07 Å². The van der Waals surface area contributed by atoms with Crippen LogP contribution in [-0.2, 0) is 0 Å². The molecule has 1 aromatic heterocycles. The Morgan fingerprint density at radius 3 is 2.67 bits per heavy atom. The summed E-state index contributed by atoms with van der Waals surface area (Å²) < 4.78 is 26.3. The maximum Gasteiger partial charge on any atom is 0.190 e. The molecule has 0 atom stereocenters. The average Bonchev–Trinajstić information content (AvgIpc) is 2.47. The van der Waals surface area contributed by atoms with Gasteiger partial charge in [-0.3, -0.25) is 0 Å². The normalized spacial score (nSPS) is 9.95. The van der Waals surface area contributed by atoms with Gasteiger partial charge in [-0.15, -0.1) is 6.42 Å². The van der Waals surface area contributed by atoms with E-state index in [1.807, 2.05) is 6.07 Å². The molecule has 0 aliphatic rings. The van der Waals surface area contributed by atoms with Gasteiger partial charge >= 0.3 is 0 Å². The number of hydrogen-bond acceptors (Lipinski definition) is 4. The fourth-order valence-electron chi connectivity index (χ4n) is 1.54. The van der Waals surface area contributed by atoms with E-state index >= 15 is 0 Å². The Morgan fingerprint density at radius 1 is 1.29 bits per heavy atom. The first kappa shape index (κ1) is 15.2. The summed E-state index contributed by atoms with van der Waals surface area (Å²) >= 11 is 7.08. The van der Waals surface area contributed by atoms with Crippen LogP contribution in [0.2, 0.25) is 5.15 Å². The predicted octanol–water partition coefficient (Wildman–Crippen LogP) is 3.67. The topological polar surface area (TPSA) is 49.6 Å². The number of terminal acetylenes is 1. The molecule has 0 saturated heterocycles. The van der Waals surface area contributed by atoms with Crippen molar-refractivity contribution in [1.82, 2.24) is 9.97 Å². The van der Waals surface area contributed by atoms with Crippen molar-refractivity contribution in [1.29, 1.82) is 5.26 Å². The molecule has 0 aliphatic heterocycles. The number of halogens is 3. The molecule has 0 aliphatic carbocycles. The number of thioether (sulfide) groups is 1. The van der Waals surface area contributed by atoms with E-state index in [4.69, 9.17) is 23.3 Å². The standard InChI is InChI=1S/C14H6ClF2N3S/c1-2-5-21-14-19-12(9(7-18)13(15)20-14)8-3-4-10(16)11(17)6-8/h1,3-4,6H,5H2. The Morgan fingerprint density at radius 2 is 2.05 bits per heavy atom. The molecular formula is C14H6ClF2N3S. The molecule has 0 N–H and O–H groups in total. The van der Waals surface area contributed by atoms with Crippen LogP contribution in [0.25, 0.3) is 11.3 Å². The molecule has 104 valence electrons. The lowest BCUT2D eigenvalue weighted by molar-refractivity contribution is 0.509. The zero-order chi connectivity index (χ0) is 15.4. The summed E-state index contributed by atoms with van der Waals surface area (Å²) in [5.41, 5.74) is 0.362. The predicted molar refractivity (Wildman–Crippen MR) is 76.7 cm³/mol. The van der Waals surface area contributed by atoms with E-state index in [0.717, 1.165) is 23.9 Å². The fraction of sp³-hybridized carbons (Fsp3) is 0.0714. The molecule has 0 spiro atoms. The van der Waals surface area contributed by atoms with Gasteiger partial charge in [0.2, 0.25) is 0 Å². The van der Waals surface area contributed by atoms with Gasteiger partial charge in [-0.2, -0.15) is 5.26 Å². The maximum atomic E-state index is 13.3. The van der Waals surface area contributed by atoms with Gasteiger partial charge < -0.3 is 0 Å². The van der Waals surface area contributed by atoms with Crippen molar-refractivity contribution in [3.63, 3.8) is 0 Å². The minimum atomic E-state index is -1.04. The van der Waals surface area contributed by atoms with Crippen molar-refractivity contribution in [3.05, 3.63) is 40.6 Å². The van der Waals surface area contributed by atoms with Gasteiger partial charge in [0.15, 0.2) is 21.9 Å². The van der Waals surface area contributed by atoms with E-state index in [-0.39, 0.29) is 27.1 Å². The van der Waals surface area contributed by atoms with Crippen LogP contribution < -0.4 is 0 Å². The lowest BCUT2D eigenvalue weighted by Gasteiger charge is -2.07. The van der Waals surface area contributed by atoms with Crippen molar-refractivity contribution in [2.75, 3.05) is 5.75 Å². The first-order valence-electron chi connectivity index (χ1n) is 5.56. The van der Waals surface area contributed by atoms with Crippen LogP contribution in [0.15, 0.2) is 23.4 Å². The summed E-state index contributed by atoms with van der Waals surface area (Å²) in [5, 5.41) is 9.33. The van der Waals surface area contributed by atoms with Crippen molar-refractivity contribution in [3.8, 4) is 29.7 Å². The summed E-state index contributed by atoms with van der Waals surface area (Å²) in [4.78, 5) is 8.08. The van der Waals surface area contributed by atoms with E-state index < -0.39 is 11.6 Å². The molecule has 2 rings (SSSR count). The zero-order valence-electron chi connectivity index (χ0n) is 10.4. The number of rotatable bonds is 3. The SMILES string of the molecule is C#CCSc1nc(Cl)c(C#N)c(-c2ccc(F)c(F)c2)n1. The number of nitrogens with zero attached hydrogens (tertiary/aromatic N) is 3. The second kappa shape index (κ2) is 6.53. The van der Waals surface area contributed by atoms with Crippen LogP contribution >= 0.6 is 23.4 Å². The summed E-state index contributed by atoms with van der Waals surface area (Å²) in [6, 6.07) is 5.07. The number of nitriles is 1. The maximum absolute atomic E-state index is 13.3. The van der Waals surface area contributed by atoms with Crippen molar-refractivity contribution < 1.29 is 8.78 Å². The van der Waals surface area contributed by atoms with E-state index in [0.29, 0.717) is 5.75 Å². The molecule has 0 saturated carbocycles. The van der Waals surface area contributed by atoms with Gasteiger partial charge in [-0.25, -0.2) is 18.7 Å². The van der Waals surface area contributed by atoms with Gasteiger partial charge in [-0.1, -0.05) is 29.3 Å². The van der Waals surface area contributed by atoms with Gasteiger partial charge in [0.1, 0.15) is 11.6 Å². The highest BCUT2D eigenvalue weighted by Gasteiger charge is 2.16. The minimum absolute atomic E-state index is 0.00673. The van der Waals surface area contributed by atoms with Gasteiger partial charge in [0, 0.05) is 5.56 Å². The van der Waals surface area contributed by atoms with Crippen LogP contribution in [0.4, 0.5) is 8.78 Å². The molecule has 1 aromatic carbocycles. The molecule has 0 fully saturated rings. The number of aromatic nitrogens is 2. The molecular weight excluding hydrogens is 316 g/mol. The molecule has 0 radical (unpaired) electrons. The summed E-state index contributed by atoms with van der Waals surface area (Å²) in [6.45, 7) is 0. The Labute approximate surface area is 129 Å². The Hall–Kier alpha value is -2.15. The summed E-state index contributed by atoms with van der Waals surface area (Å²) in [6.07, 6.45) is 5.15. The quantitative estimate of drug-likeness (QED) is 0.374. The van der Waals surface area contributed by atoms with Crippen molar-refractivity contribution in [2.45, 2.75) is 5.16 Å². The molecule has 0 bridgehead atoms. The largest absolute Gasteiger partial charge is 0.221 e. The lowest BCUT2D eigenvalue weighted by atomic mass is 10.1. The Bertz CT molecular complexity index is 781. The lowest BCUT2D eigenvalue weighted by Crippen LogP contribution is -1.98. The monoisotopic (exact) mass is 321 g/mol. The Kier molecular flexibility index (Phi) is 4.74. The molecule has 7 heteroatoms. The molecule has 21 heavy (non-hydrogen) atoms. The summed E-state index contributed by atoms with van der Waals surface area (Å²) in [7, 11) is 0. The van der Waals surface area contributed by atoms with E-state index in [2.05, 4.69) is 15.9 Å². The molecule has 0 amide bonds. The van der Waals surface area contributed by atoms with Gasteiger partial charge in [0.25, 0.3) is 0 Å². The summed E-state index contributed by atoms with van der Waals surface area (Å²) in [5.74, 6) is 0.700. The van der Waals surface area contributed by atoms with Crippen LogP contribution in [0.1, 0.15) is 5.56 Å². The molecule has 3 nitrogen and oxygen atoms in total. The fourth-order valence-corrected chi connectivity index (χ4v) is 2.32. The first-order valence-corrected chi connectivity index (χ1v) is 6.92. The van der Waals surface area contributed by atoms with Crippen LogP contribution in [0, 0.1) is 35.3 Å². The smallest absolute Gasteiger partial charge is 0.190 e. The zero-order valence-corrected chi connectivity index (χ0v) is 12.0. The molecule has 0 unspecified atom stereocenters. The molecule has 1 heterocycles. The third-order valence-corrected chi connectivity index (χ3v) is 3.46. The number of benzene rings is 1. The highest BCUT2D eigenvalue weighted by molar-refractivity contribution is 7.99. The minimum Gasteiger partial charge on any atom is -0.221 e. The van der Waals surface area contributed by atoms with Crippen LogP contribution in [-0.4, -0.2) is 15.7 Å². The second-order valence-corrected chi connectivity index (χ2v) is 5.05. The molecule has 2 aromatic rings. The number of hydrogen-bond donors (Lipinski definition) is 0.